The van der Waals surface area contributed by atoms with Gasteiger partial charge in [0.2, 0.25) is 0 Å². The molecule has 0 aliphatic carbocycles. The highest BCUT2D eigenvalue weighted by atomic mass is 16.5. The SMILES string of the molecule is CCOc1cc(/C=N\NC(=O)C(=O)N[C@@H](C)CC)ccc1OCC(=O)NCc1ccccc1. The van der Waals surface area contributed by atoms with Crippen molar-refractivity contribution in [3.63, 3.8) is 0 Å². The molecule has 0 aromatic heterocycles. The van der Waals surface area contributed by atoms with Crippen molar-refractivity contribution in [2.24, 2.45) is 5.10 Å². The van der Waals surface area contributed by atoms with Crippen LogP contribution in [0.15, 0.2) is 53.6 Å². The van der Waals surface area contributed by atoms with E-state index in [9.17, 15) is 14.4 Å². The average Bonchev–Trinajstić information content (AvgIpc) is 2.82. The molecule has 176 valence electrons. The molecule has 0 radical (unpaired) electrons. The predicted octanol–water partition coefficient (Wildman–Crippen LogP) is 2.15. The van der Waals surface area contributed by atoms with Crippen molar-refractivity contribution in [2.45, 2.75) is 39.8 Å². The molecule has 0 fully saturated rings. The molecule has 33 heavy (non-hydrogen) atoms. The van der Waals surface area contributed by atoms with Gasteiger partial charge in [0.1, 0.15) is 0 Å². The van der Waals surface area contributed by atoms with Crippen molar-refractivity contribution in [1.29, 1.82) is 0 Å². The van der Waals surface area contributed by atoms with Gasteiger partial charge in [0.05, 0.1) is 12.8 Å². The molecule has 0 heterocycles. The maximum atomic E-state index is 12.1. The third-order valence-corrected chi connectivity index (χ3v) is 4.53. The van der Waals surface area contributed by atoms with Crippen molar-refractivity contribution < 1.29 is 23.9 Å². The van der Waals surface area contributed by atoms with Crippen molar-refractivity contribution in [3.05, 3.63) is 59.7 Å². The molecule has 0 spiro atoms. The van der Waals surface area contributed by atoms with Crippen LogP contribution in [0.5, 0.6) is 11.5 Å². The van der Waals surface area contributed by atoms with Crippen LogP contribution in [0.25, 0.3) is 0 Å². The number of carbonyl (C=O) groups is 3. The second kappa shape index (κ2) is 13.5. The van der Waals surface area contributed by atoms with Crippen LogP contribution in [0, 0.1) is 0 Å². The molecule has 0 bridgehead atoms. The lowest BCUT2D eigenvalue weighted by Gasteiger charge is -2.13. The lowest BCUT2D eigenvalue weighted by atomic mass is 10.2. The zero-order chi connectivity index (χ0) is 24.1. The number of hydrogen-bond acceptors (Lipinski definition) is 6. The van der Waals surface area contributed by atoms with Gasteiger partial charge in [0.15, 0.2) is 18.1 Å². The summed E-state index contributed by atoms with van der Waals surface area (Å²) in [6.45, 7) is 6.18. The normalized spacial score (nSPS) is 11.5. The first-order chi connectivity index (χ1) is 15.9. The second-order valence-electron chi connectivity index (χ2n) is 7.17. The van der Waals surface area contributed by atoms with Crippen LogP contribution in [0.1, 0.15) is 38.3 Å². The predicted molar refractivity (Wildman–Crippen MR) is 125 cm³/mol. The van der Waals surface area contributed by atoms with Crippen molar-refractivity contribution in [3.8, 4) is 11.5 Å². The number of hydrazone groups is 1. The topological polar surface area (TPSA) is 118 Å². The molecular weight excluding hydrogens is 424 g/mol. The quantitative estimate of drug-likeness (QED) is 0.273. The molecule has 3 amide bonds. The monoisotopic (exact) mass is 454 g/mol. The van der Waals surface area contributed by atoms with Gasteiger partial charge in [-0.1, -0.05) is 37.3 Å². The van der Waals surface area contributed by atoms with E-state index in [1.54, 1.807) is 25.1 Å². The third kappa shape index (κ3) is 9.02. The molecule has 2 aromatic rings. The minimum Gasteiger partial charge on any atom is -0.490 e. The van der Waals surface area contributed by atoms with Crippen LogP contribution in [0.4, 0.5) is 0 Å². The van der Waals surface area contributed by atoms with E-state index in [0.29, 0.717) is 36.6 Å². The Labute approximate surface area is 193 Å². The highest BCUT2D eigenvalue weighted by molar-refractivity contribution is 6.35. The van der Waals surface area contributed by atoms with E-state index >= 15 is 0 Å². The molecule has 2 aromatic carbocycles. The third-order valence-electron chi connectivity index (χ3n) is 4.53. The maximum absolute atomic E-state index is 12.1. The molecule has 0 aliphatic heterocycles. The number of ether oxygens (including phenoxy) is 2. The van der Waals surface area contributed by atoms with Crippen LogP contribution in [0.3, 0.4) is 0 Å². The first-order valence-electron chi connectivity index (χ1n) is 10.8. The van der Waals surface area contributed by atoms with Crippen molar-refractivity contribution in [1.82, 2.24) is 16.1 Å². The fourth-order valence-corrected chi connectivity index (χ4v) is 2.59. The lowest BCUT2D eigenvalue weighted by Crippen LogP contribution is -2.41. The van der Waals surface area contributed by atoms with Crippen LogP contribution in [0.2, 0.25) is 0 Å². The summed E-state index contributed by atoms with van der Waals surface area (Å²) in [6.07, 6.45) is 2.10. The molecule has 0 saturated heterocycles. The molecule has 0 unspecified atom stereocenters. The summed E-state index contributed by atoms with van der Waals surface area (Å²) < 4.78 is 11.2. The Kier molecular flexibility index (Phi) is 10.4. The summed E-state index contributed by atoms with van der Waals surface area (Å²) in [7, 11) is 0. The first kappa shape index (κ1) is 25.4. The van der Waals surface area contributed by atoms with E-state index in [0.717, 1.165) is 5.56 Å². The largest absolute Gasteiger partial charge is 0.490 e. The van der Waals surface area contributed by atoms with Crippen molar-refractivity contribution in [2.75, 3.05) is 13.2 Å². The molecule has 1 atom stereocenters. The Morgan fingerprint density at radius 3 is 2.45 bits per heavy atom. The zero-order valence-electron chi connectivity index (χ0n) is 19.1. The summed E-state index contributed by atoms with van der Waals surface area (Å²) in [5.74, 6) is -1.02. The van der Waals surface area contributed by atoms with Gasteiger partial charge in [0.25, 0.3) is 5.91 Å². The molecular formula is C24H30N4O5. The fraction of sp³-hybridized carbons (Fsp3) is 0.333. The summed E-state index contributed by atoms with van der Waals surface area (Å²) in [4.78, 5) is 35.6. The van der Waals surface area contributed by atoms with Gasteiger partial charge in [-0.15, -0.1) is 0 Å². The smallest absolute Gasteiger partial charge is 0.329 e. The van der Waals surface area contributed by atoms with Crippen LogP contribution in [-0.2, 0) is 20.9 Å². The molecule has 9 heteroatoms. The van der Waals surface area contributed by atoms with Gasteiger partial charge in [-0.25, -0.2) is 5.43 Å². The number of amides is 3. The second-order valence-corrected chi connectivity index (χ2v) is 7.17. The standard InChI is InChI=1S/C24H30N4O5/c1-4-17(3)27-23(30)24(31)28-26-15-19-11-12-20(21(13-19)32-5-2)33-16-22(29)25-14-18-9-7-6-8-10-18/h6-13,15,17H,4-5,14,16H2,1-3H3,(H,25,29)(H,27,30)(H,28,31)/b26-15-/t17-/m0/s1. The van der Waals surface area contributed by atoms with Crippen molar-refractivity contribution >= 4 is 23.9 Å². The molecule has 9 nitrogen and oxygen atoms in total. The minimum atomic E-state index is -0.849. The van der Waals surface area contributed by atoms with Gasteiger partial charge in [-0.05, 0) is 49.6 Å². The minimum absolute atomic E-state index is 0.103. The highest BCUT2D eigenvalue weighted by Gasteiger charge is 2.14. The molecule has 0 saturated carbocycles. The van der Waals surface area contributed by atoms with E-state index in [4.69, 9.17) is 9.47 Å². The maximum Gasteiger partial charge on any atom is 0.329 e. The number of benzene rings is 2. The summed E-state index contributed by atoms with van der Waals surface area (Å²) >= 11 is 0. The van der Waals surface area contributed by atoms with Gasteiger partial charge in [-0.3, -0.25) is 14.4 Å². The van der Waals surface area contributed by atoms with E-state index in [2.05, 4.69) is 21.2 Å². The number of nitrogens with one attached hydrogen (secondary N) is 3. The Balaban J connectivity index is 1.90. The number of rotatable bonds is 11. The highest BCUT2D eigenvalue weighted by Crippen LogP contribution is 2.28. The summed E-state index contributed by atoms with van der Waals surface area (Å²) in [6, 6.07) is 14.5. The summed E-state index contributed by atoms with van der Waals surface area (Å²) in [5.41, 5.74) is 3.79. The van der Waals surface area contributed by atoms with Gasteiger partial charge < -0.3 is 20.1 Å². The van der Waals surface area contributed by atoms with Gasteiger partial charge in [0, 0.05) is 12.6 Å². The van der Waals surface area contributed by atoms with E-state index < -0.39 is 11.8 Å². The average molecular weight is 455 g/mol. The first-order valence-corrected chi connectivity index (χ1v) is 10.8. The van der Waals surface area contributed by atoms with E-state index in [1.807, 2.05) is 44.2 Å². The molecule has 2 rings (SSSR count). The van der Waals surface area contributed by atoms with Crippen LogP contribution < -0.4 is 25.5 Å². The number of nitrogens with zero attached hydrogens (tertiary/aromatic N) is 1. The molecule has 3 N–H and O–H groups in total. The number of carbonyl (C=O) groups excluding carboxylic acids is 3. The Hall–Kier alpha value is -3.88. The Bertz CT molecular complexity index is 963. The molecule has 0 aliphatic rings. The summed E-state index contributed by atoms with van der Waals surface area (Å²) in [5, 5.41) is 9.16. The number of hydrogen-bond donors (Lipinski definition) is 3. The Morgan fingerprint density at radius 1 is 1.00 bits per heavy atom. The zero-order valence-corrected chi connectivity index (χ0v) is 19.1. The van der Waals surface area contributed by atoms with Gasteiger partial charge in [-0.2, -0.15) is 5.10 Å². The van der Waals surface area contributed by atoms with Crippen LogP contribution in [-0.4, -0.2) is 43.2 Å². The van der Waals surface area contributed by atoms with Crippen LogP contribution >= 0.6 is 0 Å². The van der Waals surface area contributed by atoms with E-state index in [1.165, 1.54) is 6.21 Å². The fourth-order valence-electron chi connectivity index (χ4n) is 2.59. The Morgan fingerprint density at radius 2 is 1.76 bits per heavy atom. The van der Waals surface area contributed by atoms with E-state index in [-0.39, 0.29) is 18.6 Å². The lowest BCUT2D eigenvalue weighted by molar-refractivity contribution is -0.139. The van der Waals surface area contributed by atoms with Gasteiger partial charge >= 0.3 is 11.8 Å².